The Kier molecular flexibility index (Phi) is 5.42. The largest absolute Gasteiger partial charge is 0.345 e. The molecule has 2 aromatic heterocycles. The molecule has 31 heavy (non-hydrogen) atoms. The molecule has 1 aromatic carbocycles. The van der Waals surface area contributed by atoms with Crippen LogP contribution in [0.25, 0.3) is 11.3 Å². The lowest BCUT2D eigenvalue weighted by molar-refractivity contribution is -0.113. The van der Waals surface area contributed by atoms with Gasteiger partial charge in [-0.3, -0.25) is 9.48 Å². The second-order valence-corrected chi connectivity index (χ2v) is 9.55. The summed E-state index contributed by atoms with van der Waals surface area (Å²) in [6.07, 6.45) is 3.18. The number of hydrogen-bond acceptors (Lipinski definition) is 5. The van der Waals surface area contributed by atoms with E-state index in [9.17, 15) is 17.6 Å². The lowest BCUT2D eigenvalue weighted by atomic mass is 10.2. The number of rotatable bonds is 4. The molecule has 8 nitrogen and oxygen atoms in total. The molecule has 0 radical (unpaired) electrons. The van der Waals surface area contributed by atoms with E-state index in [1.807, 2.05) is 11.4 Å². The number of anilines is 1. The van der Waals surface area contributed by atoms with Gasteiger partial charge in [0.1, 0.15) is 11.5 Å². The first kappa shape index (κ1) is 21.2. The molecule has 1 amide bonds. The second-order valence-electron chi connectivity index (χ2n) is 6.61. The molecule has 1 aliphatic rings. The van der Waals surface area contributed by atoms with Crippen molar-refractivity contribution in [3.05, 3.63) is 69.4 Å². The van der Waals surface area contributed by atoms with E-state index in [-0.39, 0.29) is 22.1 Å². The van der Waals surface area contributed by atoms with Crippen molar-refractivity contribution in [3.8, 4) is 11.3 Å². The molecule has 0 saturated carbocycles. The van der Waals surface area contributed by atoms with Crippen molar-refractivity contribution in [3.63, 3.8) is 0 Å². The van der Waals surface area contributed by atoms with Gasteiger partial charge < -0.3 is 5.32 Å². The van der Waals surface area contributed by atoms with E-state index in [1.54, 1.807) is 24.0 Å². The maximum atomic E-state index is 13.4. The molecule has 0 saturated heterocycles. The molecule has 4 rings (SSSR count). The first-order chi connectivity index (χ1) is 14.6. The van der Waals surface area contributed by atoms with Gasteiger partial charge in [0.25, 0.3) is 5.91 Å². The highest BCUT2D eigenvalue weighted by atomic mass is 35.5. The number of likely N-dealkylation sites (N-methyl/N-ethyl adjacent to an activating group) is 1. The molecule has 1 aliphatic heterocycles. The third-order valence-electron chi connectivity index (χ3n) is 4.44. The zero-order valence-corrected chi connectivity index (χ0v) is 18.6. The quantitative estimate of drug-likeness (QED) is 0.619. The second kappa shape index (κ2) is 7.91. The predicted molar refractivity (Wildman–Crippen MR) is 118 cm³/mol. The van der Waals surface area contributed by atoms with E-state index in [2.05, 4.69) is 14.8 Å². The van der Waals surface area contributed by atoms with Gasteiger partial charge in [-0.2, -0.15) is 13.5 Å². The summed E-state index contributed by atoms with van der Waals surface area (Å²) >= 11 is 7.03. The number of carbonyl (C=O) groups is 1. The van der Waals surface area contributed by atoms with Crippen molar-refractivity contribution >= 4 is 50.5 Å². The van der Waals surface area contributed by atoms with Crippen LogP contribution in [0.4, 0.5) is 10.1 Å². The van der Waals surface area contributed by atoms with Crippen molar-refractivity contribution in [1.82, 2.24) is 14.1 Å². The maximum Gasteiger partial charge on any atom is 0.345 e. The minimum absolute atomic E-state index is 0.132. The number of hydrogen-bond donors (Lipinski definition) is 1. The number of amides is 1. The molecule has 0 spiro atoms. The fraction of sp³-hybridized carbons (Fsp3) is 0.105. The molecule has 0 bridgehead atoms. The molecule has 12 heteroatoms. The van der Waals surface area contributed by atoms with E-state index < -0.39 is 21.9 Å². The summed E-state index contributed by atoms with van der Waals surface area (Å²) < 4.78 is 44.7. The van der Waals surface area contributed by atoms with Crippen molar-refractivity contribution in [2.75, 3.05) is 12.4 Å². The molecule has 3 aromatic rings. The highest BCUT2D eigenvalue weighted by Gasteiger charge is 2.30. The monoisotopic (exact) mass is 479 g/mol. The minimum atomic E-state index is -4.12. The highest BCUT2D eigenvalue weighted by molar-refractivity contribution is 7.88. The number of halogens is 2. The van der Waals surface area contributed by atoms with Gasteiger partial charge in [-0.1, -0.05) is 11.6 Å². The van der Waals surface area contributed by atoms with Gasteiger partial charge in [0.05, 0.1) is 21.3 Å². The number of nitrogens with zero attached hydrogens (tertiary/aromatic N) is 4. The predicted octanol–water partition coefficient (Wildman–Crippen LogP) is 3.44. The van der Waals surface area contributed by atoms with Crippen LogP contribution in [0.15, 0.2) is 58.1 Å². The summed E-state index contributed by atoms with van der Waals surface area (Å²) in [4.78, 5) is 13.3. The SMILES string of the molecule is CN1C(C(=O)Nc2ccc(F)c(Cl)c2)=CC(c2cc(-c3ccn(C)n3)cs2)=NS1(=O)=O. The van der Waals surface area contributed by atoms with Gasteiger partial charge in [0.2, 0.25) is 0 Å². The summed E-state index contributed by atoms with van der Waals surface area (Å²) in [5.41, 5.74) is 1.75. The minimum Gasteiger partial charge on any atom is -0.321 e. The molecule has 160 valence electrons. The van der Waals surface area contributed by atoms with Crippen LogP contribution >= 0.6 is 22.9 Å². The van der Waals surface area contributed by atoms with Gasteiger partial charge >= 0.3 is 10.2 Å². The molecular formula is C19H15ClFN5O3S2. The van der Waals surface area contributed by atoms with Crippen LogP contribution in [0.2, 0.25) is 5.02 Å². The number of carbonyl (C=O) groups excluding carboxylic acids is 1. The number of allylic oxidation sites excluding steroid dienone is 1. The average molecular weight is 480 g/mol. The summed E-state index contributed by atoms with van der Waals surface area (Å²) in [7, 11) is -1.09. The molecule has 0 unspecified atom stereocenters. The van der Waals surface area contributed by atoms with E-state index in [4.69, 9.17) is 11.6 Å². The topological polar surface area (TPSA) is 96.7 Å². The lowest BCUT2D eigenvalue weighted by Gasteiger charge is -2.23. The van der Waals surface area contributed by atoms with Gasteiger partial charge in [-0.15, -0.1) is 15.7 Å². The summed E-state index contributed by atoms with van der Waals surface area (Å²) in [5, 5.41) is 8.51. The summed E-state index contributed by atoms with van der Waals surface area (Å²) in [6.45, 7) is 0. The Morgan fingerprint density at radius 2 is 2.00 bits per heavy atom. The van der Waals surface area contributed by atoms with Crippen LogP contribution < -0.4 is 5.32 Å². The molecule has 0 fully saturated rings. The van der Waals surface area contributed by atoms with Crippen LogP contribution in [0.1, 0.15) is 4.88 Å². The van der Waals surface area contributed by atoms with Gasteiger partial charge in [-0.25, -0.2) is 8.70 Å². The Labute approximate surface area is 186 Å². The zero-order valence-electron chi connectivity index (χ0n) is 16.2. The maximum absolute atomic E-state index is 13.4. The van der Waals surface area contributed by atoms with Crippen molar-refractivity contribution in [2.45, 2.75) is 0 Å². The van der Waals surface area contributed by atoms with Crippen LogP contribution in [0.3, 0.4) is 0 Å². The average Bonchev–Trinajstić information content (AvgIpc) is 3.35. The molecule has 0 atom stereocenters. The Hall–Kier alpha value is -3.02. The standard InChI is InChI=1S/C19H15ClFN5O3S2/c1-25-6-5-15(23-25)11-7-18(30-10-11)16-9-17(26(2)31(28,29)24-16)19(27)22-12-3-4-14(21)13(20)8-12/h3-10H,1-2H3,(H,22,27). The molecular weight excluding hydrogens is 465 g/mol. The smallest absolute Gasteiger partial charge is 0.321 e. The number of benzene rings is 1. The van der Waals surface area contributed by atoms with Crippen LogP contribution in [0.5, 0.6) is 0 Å². The normalized spacial score (nSPS) is 15.4. The lowest BCUT2D eigenvalue weighted by Crippen LogP contribution is -2.35. The van der Waals surface area contributed by atoms with Crippen LogP contribution in [0, 0.1) is 5.82 Å². The Balaban J connectivity index is 1.66. The molecule has 0 aliphatic carbocycles. The summed E-state index contributed by atoms with van der Waals surface area (Å²) in [6, 6.07) is 7.26. The van der Waals surface area contributed by atoms with E-state index in [0.29, 0.717) is 4.88 Å². The van der Waals surface area contributed by atoms with Crippen LogP contribution in [-0.2, 0) is 22.1 Å². The fourth-order valence-electron chi connectivity index (χ4n) is 2.82. The van der Waals surface area contributed by atoms with E-state index >= 15 is 0 Å². The highest BCUT2D eigenvalue weighted by Crippen LogP contribution is 2.28. The van der Waals surface area contributed by atoms with Crippen molar-refractivity contribution in [1.29, 1.82) is 0 Å². The fourth-order valence-corrected chi connectivity index (χ4v) is 4.83. The van der Waals surface area contributed by atoms with E-state index in [0.717, 1.165) is 21.6 Å². The third kappa shape index (κ3) is 4.24. The summed E-state index contributed by atoms with van der Waals surface area (Å²) in [5.74, 6) is -1.34. The Morgan fingerprint density at radius 3 is 2.68 bits per heavy atom. The number of nitrogens with one attached hydrogen (secondary N) is 1. The number of thiophene rings is 1. The van der Waals surface area contributed by atoms with Crippen molar-refractivity contribution in [2.24, 2.45) is 11.4 Å². The first-order valence-electron chi connectivity index (χ1n) is 8.80. The molecule has 1 N–H and O–H groups in total. The Morgan fingerprint density at radius 1 is 1.23 bits per heavy atom. The zero-order chi connectivity index (χ0) is 22.3. The Bertz CT molecular complexity index is 1360. The molecule has 3 heterocycles. The van der Waals surface area contributed by atoms with Gasteiger partial charge in [0.15, 0.2) is 0 Å². The number of aromatic nitrogens is 2. The third-order valence-corrected chi connectivity index (χ3v) is 7.00. The van der Waals surface area contributed by atoms with Crippen molar-refractivity contribution < 1.29 is 17.6 Å². The van der Waals surface area contributed by atoms with Gasteiger partial charge in [0, 0.05) is 36.9 Å². The number of aryl methyl sites for hydroxylation is 1. The first-order valence-corrected chi connectivity index (χ1v) is 11.5. The van der Waals surface area contributed by atoms with Gasteiger partial charge in [-0.05, 0) is 36.4 Å². The van der Waals surface area contributed by atoms with Crippen LogP contribution in [-0.4, -0.2) is 41.2 Å². The van der Waals surface area contributed by atoms with E-state index in [1.165, 1.54) is 36.6 Å².